The third kappa shape index (κ3) is 5.73. The average molecular weight is 563 g/mol. The molecule has 5 aromatic rings. The molecule has 0 bridgehead atoms. The Labute approximate surface area is 238 Å². The van der Waals surface area contributed by atoms with Crippen molar-refractivity contribution in [2.75, 3.05) is 11.6 Å². The normalized spacial score (nSPS) is 11.2. The number of thiophene rings is 2. The standard InChI is InChI=1S/C28H19N3OS2.C3H3NO2/c32-17-21-11-14-24(33-21)22-12-13-23(28-27(22)29-18-30-28)25-15-16-26(34-25)31(19-7-3-1-4-8-19)20-9-5-2-6-10-20;4-2-1-3(5)6/h1-17H,18H2;1H2,(H,5,6). The number of carboxylic acid groups (broad SMARTS) is 1. The van der Waals surface area contributed by atoms with Gasteiger partial charge in [-0.25, -0.2) is 0 Å². The van der Waals surface area contributed by atoms with Crippen molar-refractivity contribution in [1.29, 1.82) is 5.26 Å². The Morgan fingerprint density at radius 3 is 1.85 bits per heavy atom. The summed E-state index contributed by atoms with van der Waals surface area (Å²) in [5.41, 5.74) is 4.35. The molecule has 7 nitrogen and oxygen atoms in total. The van der Waals surface area contributed by atoms with Crippen LogP contribution in [0.3, 0.4) is 0 Å². The Hall–Kier alpha value is -4.91. The van der Waals surface area contributed by atoms with E-state index in [2.05, 4.69) is 82.7 Å². The summed E-state index contributed by atoms with van der Waals surface area (Å²) in [6, 6.07) is 34.7. The largest absolute Gasteiger partial charge is 0.480 e. The molecule has 0 saturated heterocycles. The molecule has 0 saturated carbocycles. The van der Waals surface area contributed by atoms with Crippen LogP contribution in [-0.2, 0) is 4.79 Å². The smallest absolute Gasteiger partial charge is 0.317 e. The fourth-order valence-electron chi connectivity index (χ4n) is 4.25. The van der Waals surface area contributed by atoms with Crippen molar-refractivity contribution in [1.82, 2.24) is 0 Å². The van der Waals surface area contributed by atoms with E-state index in [1.165, 1.54) is 17.4 Å². The van der Waals surface area contributed by atoms with Crippen molar-refractivity contribution in [2.45, 2.75) is 6.42 Å². The first-order valence-electron chi connectivity index (χ1n) is 12.3. The van der Waals surface area contributed by atoms with Crippen molar-refractivity contribution in [3.05, 3.63) is 113 Å². The molecule has 3 heterocycles. The van der Waals surface area contributed by atoms with Gasteiger partial charge in [0.1, 0.15) is 18.1 Å². The van der Waals surface area contributed by atoms with Crippen LogP contribution < -0.4 is 15.6 Å². The van der Waals surface area contributed by atoms with Gasteiger partial charge >= 0.3 is 5.97 Å². The molecule has 0 spiro atoms. The van der Waals surface area contributed by atoms with E-state index in [0.717, 1.165) is 54.3 Å². The zero-order valence-corrected chi connectivity index (χ0v) is 22.7. The van der Waals surface area contributed by atoms with Crippen molar-refractivity contribution in [3.63, 3.8) is 0 Å². The van der Waals surface area contributed by atoms with Crippen LogP contribution in [0.5, 0.6) is 0 Å². The number of rotatable bonds is 7. The highest BCUT2D eigenvalue weighted by Gasteiger charge is 2.18. The number of carbonyl (C=O) groups is 2. The predicted octanol–water partition coefficient (Wildman–Crippen LogP) is 6.62. The molecule has 2 aromatic heterocycles. The number of aldehydes is 1. The summed E-state index contributed by atoms with van der Waals surface area (Å²) < 4.78 is 0. The van der Waals surface area contributed by atoms with Gasteiger partial charge in [0.2, 0.25) is 0 Å². The zero-order chi connectivity index (χ0) is 27.9. The fourth-order valence-corrected chi connectivity index (χ4v) is 6.18. The minimum atomic E-state index is -1.07. The van der Waals surface area contributed by atoms with Gasteiger partial charge in [0.25, 0.3) is 0 Å². The molecule has 3 aromatic carbocycles. The number of nitriles is 1. The lowest BCUT2D eigenvalue weighted by Crippen LogP contribution is -2.25. The van der Waals surface area contributed by atoms with Crippen LogP contribution in [0.2, 0.25) is 0 Å². The SMILES string of the molecule is N#CCC(=O)O.O=Cc1ccc(-c2ccc(-c3ccc(N(c4ccccc4)c4ccccc4)s3)c3c2=NCN=3)s1. The van der Waals surface area contributed by atoms with Gasteiger partial charge in [0, 0.05) is 32.3 Å². The molecule has 0 aliphatic carbocycles. The van der Waals surface area contributed by atoms with Crippen molar-refractivity contribution in [2.24, 2.45) is 9.98 Å². The van der Waals surface area contributed by atoms with E-state index in [4.69, 9.17) is 15.4 Å². The van der Waals surface area contributed by atoms with E-state index >= 15 is 0 Å². The van der Waals surface area contributed by atoms with Gasteiger partial charge in [-0.2, -0.15) is 5.26 Å². The lowest BCUT2D eigenvalue weighted by Gasteiger charge is -2.23. The number of carboxylic acids is 1. The van der Waals surface area contributed by atoms with Crippen molar-refractivity contribution >= 4 is 51.3 Å². The number of nitrogens with zero attached hydrogens (tertiary/aromatic N) is 4. The molecule has 1 N–H and O–H groups in total. The van der Waals surface area contributed by atoms with E-state index in [1.54, 1.807) is 11.3 Å². The number of hydrogen-bond donors (Lipinski definition) is 1. The summed E-state index contributed by atoms with van der Waals surface area (Å²) in [6.45, 7) is 0.434. The lowest BCUT2D eigenvalue weighted by molar-refractivity contribution is -0.135. The minimum Gasteiger partial charge on any atom is -0.480 e. The Bertz CT molecular complexity index is 1780. The highest BCUT2D eigenvalue weighted by atomic mass is 32.1. The number of para-hydroxylation sites is 2. The first-order valence-corrected chi connectivity index (χ1v) is 13.9. The molecule has 40 heavy (non-hydrogen) atoms. The monoisotopic (exact) mass is 562 g/mol. The van der Waals surface area contributed by atoms with E-state index in [9.17, 15) is 9.59 Å². The molecule has 9 heteroatoms. The summed E-state index contributed by atoms with van der Waals surface area (Å²) in [6.07, 6.45) is 0.489. The van der Waals surface area contributed by atoms with Crippen LogP contribution in [0, 0.1) is 11.3 Å². The summed E-state index contributed by atoms with van der Waals surface area (Å²) in [4.78, 5) is 35.1. The highest BCUT2D eigenvalue weighted by molar-refractivity contribution is 7.19. The number of benzene rings is 3. The van der Waals surface area contributed by atoms with Crippen LogP contribution in [0.15, 0.2) is 107 Å². The van der Waals surface area contributed by atoms with Crippen molar-refractivity contribution in [3.8, 4) is 27.0 Å². The van der Waals surface area contributed by atoms with Gasteiger partial charge in [-0.15, -0.1) is 22.7 Å². The lowest BCUT2D eigenvalue weighted by atomic mass is 10.1. The van der Waals surface area contributed by atoms with Crippen LogP contribution in [0.4, 0.5) is 16.4 Å². The Kier molecular flexibility index (Phi) is 8.21. The predicted molar refractivity (Wildman–Crippen MR) is 158 cm³/mol. The second kappa shape index (κ2) is 12.3. The maximum absolute atomic E-state index is 11.2. The fraction of sp³-hybridized carbons (Fsp3) is 0.0645. The molecule has 0 fully saturated rings. The second-order valence-corrected chi connectivity index (χ2v) is 10.7. The molecule has 0 radical (unpaired) electrons. The molecular weight excluding hydrogens is 541 g/mol. The second-order valence-electron chi connectivity index (χ2n) is 8.51. The van der Waals surface area contributed by atoms with Crippen LogP contribution in [0.25, 0.3) is 20.9 Å². The molecule has 196 valence electrons. The third-order valence-electron chi connectivity index (χ3n) is 5.95. The van der Waals surface area contributed by atoms with Gasteiger partial charge in [-0.1, -0.05) is 48.5 Å². The van der Waals surface area contributed by atoms with Gasteiger partial charge in [-0.05, 0) is 48.5 Å². The van der Waals surface area contributed by atoms with Gasteiger partial charge in [0.05, 0.1) is 21.7 Å². The Morgan fingerprint density at radius 2 is 1.38 bits per heavy atom. The van der Waals surface area contributed by atoms with E-state index in [1.807, 2.05) is 24.3 Å². The number of anilines is 3. The zero-order valence-electron chi connectivity index (χ0n) is 21.1. The average Bonchev–Trinajstić information content (AvgIpc) is 3.76. The molecule has 0 amide bonds. The summed E-state index contributed by atoms with van der Waals surface area (Å²) in [5.74, 6) is -1.07. The molecule has 1 aliphatic heterocycles. The van der Waals surface area contributed by atoms with Crippen molar-refractivity contribution < 1.29 is 14.7 Å². The number of fused-ring (bicyclic) bond motifs is 1. The molecule has 1 aliphatic rings. The topological polar surface area (TPSA) is 106 Å². The molecular formula is C31H22N4O3S2. The number of hydrogen-bond acceptors (Lipinski definition) is 8. The first kappa shape index (κ1) is 26.7. The summed E-state index contributed by atoms with van der Waals surface area (Å²) in [7, 11) is 0. The quantitative estimate of drug-likeness (QED) is 0.224. The number of carbonyl (C=O) groups excluding carboxylic acids is 1. The van der Waals surface area contributed by atoms with Crippen LogP contribution in [-0.4, -0.2) is 24.0 Å². The van der Waals surface area contributed by atoms with E-state index < -0.39 is 12.4 Å². The molecule has 6 rings (SSSR count). The highest BCUT2D eigenvalue weighted by Crippen LogP contribution is 2.41. The van der Waals surface area contributed by atoms with Gasteiger partial charge in [0.15, 0.2) is 6.29 Å². The maximum atomic E-state index is 11.2. The molecule has 0 atom stereocenters. The summed E-state index contributed by atoms with van der Waals surface area (Å²) in [5, 5.41) is 18.3. The Balaban J connectivity index is 0.000000487. The Morgan fingerprint density at radius 1 is 0.825 bits per heavy atom. The van der Waals surface area contributed by atoms with E-state index in [0.29, 0.717) is 11.5 Å². The van der Waals surface area contributed by atoms with Gasteiger partial charge in [-0.3, -0.25) is 19.6 Å². The van der Waals surface area contributed by atoms with Crippen LogP contribution >= 0.6 is 22.7 Å². The molecule has 0 unspecified atom stereocenters. The number of aliphatic carboxylic acids is 1. The van der Waals surface area contributed by atoms with Crippen LogP contribution in [0.1, 0.15) is 16.1 Å². The minimum absolute atomic E-state index is 0.403. The maximum Gasteiger partial charge on any atom is 0.317 e. The first-order chi connectivity index (χ1) is 19.6. The summed E-state index contributed by atoms with van der Waals surface area (Å²) >= 11 is 3.22. The van der Waals surface area contributed by atoms with Gasteiger partial charge < -0.3 is 10.0 Å². The third-order valence-corrected chi connectivity index (χ3v) is 8.10. The van der Waals surface area contributed by atoms with E-state index in [-0.39, 0.29) is 0 Å².